The molecule has 2 heterocycles. The molecule has 0 amide bonds. The number of fused-ring (bicyclic) bond motifs is 1. The monoisotopic (exact) mass is 438 g/mol. The molecule has 0 spiro atoms. The fraction of sp³-hybridized carbons (Fsp3) is 0.333. The first-order chi connectivity index (χ1) is 14.9. The topological polar surface area (TPSA) is 76.6 Å². The fourth-order valence-corrected chi connectivity index (χ4v) is 5.47. The van der Waals surface area contributed by atoms with Crippen LogP contribution >= 0.6 is 0 Å². The van der Waals surface area contributed by atoms with Gasteiger partial charge in [-0.25, -0.2) is 8.42 Å². The van der Waals surface area contributed by atoms with E-state index in [9.17, 15) is 13.2 Å². The summed E-state index contributed by atoms with van der Waals surface area (Å²) in [5.74, 6) is 0.755. The summed E-state index contributed by atoms with van der Waals surface area (Å²) in [7, 11) is -1.80. The SMILES string of the molecule is COc1ccc2cc(C(=O)CCc3ccc(S(=O)(=O)N4CCCC4)cc3)c(C)nc2c1. The third-order valence-corrected chi connectivity index (χ3v) is 7.70. The molecule has 1 saturated heterocycles. The zero-order chi connectivity index (χ0) is 22.0. The van der Waals surface area contributed by atoms with E-state index in [4.69, 9.17) is 4.74 Å². The van der Waals surface area contributed by atoms with Gasteiger partial charge in [-0.05, 0) is 62.1 Å². The van der Waals surface area contributed by atoms with Crippen molar-refractivity contribution in [3.63, 3.8) is 0 Å². The van der Waals surface area contributed by atoms with Crippen LogP contribution in [0.4, 0.5) is 0 Å². The van der Waals surface area contributed by atoms with Gasteiger partial charge in [0.25, 0.3) is 0 Å². The van der Waals surface area contributed by atoms with E-state index >= 15 is 0 Å². The molecule has 0 N–H and O–H groups in total. The maximum absolute atomic E-state index is 12.8. The number of ketones is 1. The second-order valence-corrected chi connectivity index (χ2v) is 9.80. The molecule has 1 aromatic heterocycles. The first-order valence-electron chi connectivity index (χ1n) is 10.5. The lowest BCUT2D eigenvalue weighted by atomic mass is 10.0. The lowest BCUT2D eigenvalue weighted by molar-refractivity contribution is 0.0982. The van der Waals surface area contributed by atoms with Crippen molar-refractivity contribution in [3.8, 4) is 5.75 Å². The summed E-state index contributed by atoms with van der Waals surface area (Å²) in [5.41, 5.74) is 3.04. The number of nitrogens with zero attached hydrogens (tertiary/aromatic N) is 2. The van der Waals surface area contributed by atoms with Crippen molar-refractivity contribution >= 4 is 26.7 Å². The number of aryl methyl sites for hydroxylation is 2. The summed E-state index contributed by atoms with van der Waals surface area (Å²) in [6, 6.07) is 14.4. The molecule has 162 valence electrons. The van der Waals surface area contributed by atoms with E-state index < -0.39 is 10.0 Å². The molecule has 0 bridgehead atoms. The minimum atomic E-state index is -3.41. The summed E-state index contributed by atoms with van der Waals surface area (Å²) in [4.78, 5) is 17.7. The number of methoxy groups -OCH3 is 1. The van der Waals surface area contributed by atoms with Gasteiger partial charge in [0.05, 0.1) is 17.5 Å². The van der Waals surface area contributed by atoms with Gasteiger partial charge in [0.1, 0.15) is 5.75 Å². The van der Waals surface area contributed by atoms with Gasteiger partial charge in [-0.15, -0.1) is 0 Å². The van der Waals surface area contributed by atoms with Crippen LogP contribution in [0.1, 0.15) is 40.9 Å². The number of hydrogen-bond donors (Lipinski definition) is 0. The second kappa shape index (κ2) is 8.77. The molecule has 1 aliphatic rings. The molecule has 0 atom stereocenters. The largest absolute Gasteiger partial charge is 0.497 e. The molecule has 0 aliphatic carbocycles. The number of rotatable bonds is 7. The maximum atomic E-state index is 12.8. The van der Waals surface area contributed by atoms with Crippen molar-refractivity contribution in [1.82, 2.24) is 9.29 Å². The highest BCUT2D eigenvalue weighted by Crippen LogP contribution is 2.24. The number of hydrogen-bond acceptors (Lipinski definition) is 5. The van der Waals surface area contributed by atoms with Crippen molar-refractivity contribution in [3.05, 3.63) is 65.4 Å². The van der Waals surface area contributed by atoms with Crippen molar-refractivity contribution < 1.29 is 17.9 Å². The van der Waals surface area contributed by atoms with Crippen LogP contribution in [0.2, 0.25) is 0 Å². The Hall–Kier alpha value is -2.77. The zero-order valence-electron chi connectivity index (χ0n) is 17.8. The van der Waals surface area contributed by atoms with Crippen molar-refractivity contribution in [1.29, 1.82) is 0 Å². The molecule has 0 unspecified atom stereocenters. The fourth-order valence-electron chi connectivity index (χ4n) is 3.95. The van der Waals surface area contributed by atoms with Gasteiger partial charge < -0.3 is 4.74 Å². The Morgan fingerprint density at radius 3 is 2.45 bits per heavy atom. The highest BCUT2D eigenvalue weighted by atomic mass is 32.2. The van der Waals surface area contributed by atoms with E-state index in [0.717, 1.165) is 35.1 Å². The third-order valence-electron chi connectivity index (χ3n) is 5.78. The average molecular weight is 439 g/mol. The molecule has 1 aliphatic heterocycles. The summed E-state index contributed by atoms with van der Waals surface area (Å²) < 4.78 is 32.1. The van der Waals surface area contributed by atoms with Crippen LogP contribution in [0.15, 0.2) is 53.4 Å². The quantitative estimate of drug-likeness (QED) is 0.518. The van der Waals surface area contributed by atoms with Crippen LogP contribution in [-0.4, -0.2) is 43.7 Å². The Morgan fingerprint density at radius 2 is 1.77 bits per heavy atom. The van der Waals surface area contributed by atoms with Gasteiger partial charge in [0.15, 0.2) is 5.78 Å². The van der Waals surface area contributed by atoms with Crippen molar-refractivity contribution in [2.75, 3.05) is 20.2 Å². The Labute approximate surface area is 182 Å². The van der Waals surface area contributed by atoms with Gasteiger partial charge in [-0.3, -0.25) is 9.78 Å². The van der Waals surface area contributed by atoms with E-state index in [1.165, 1.54) is 4.31 Å². The van der Waals surface area contributed by atoms with E-state index in [1.807, 2.05) is 31.2 Å². The minimum absolute atomic E-state index is 0.0245. The van der Waals surface area contributed by atoms with Crippen LogP contribution < -0.4 is 4.74 Å². The first kappa shape index (κ1) is 21.5. The molecule has 1 fully saturated rings. The molecule has 0 radical (unpaired) electrons. The van der Waals surface area contributed by atoms with Crippen molar-refractivity contribution in [2.45, 2.75) is 37.5 Å². The van der Waals surface area contributed by atoms with Crippen LogP contribution in [-0.2, 0) is 16.4 Å². The molecule has 3 aromatic rings. The number of Topliss-reactive ketones (excluding diaryl/α,β-unsaturated/α-hetero) is 1. The Kier molecular flexibility index (Phi) is 6.07. The molecule has 7 heteroatoms. The first-order valence-corrected chi connectivity index (χ1v) is 11.9. The molecular weight excluding hydrogens is 412 g/mol. The third kappa shape index (κ3) is 4.48. The van der Waals surface area contributed by atoms with Gasteiger partial charge in [0.2, 0.25) is 10.0 Å². The Bertz CT molecular complexity index is 1210. The van der Waals surface area contributed by atoms with E-state index in [2.05, 4.69) is 4.98 Å². The number of carbonyl (C=O) groups is 1. The second-order valence-electron chi connectivity index (χ2n) is 7.86. The highest BCUT2D eigenvalue weighted by Gasteiger charge is 2.26. The number of benzene rings is 2. The number of sulfonamides is 1. The maximum Gasteiger partial charge on any atom is 0.243 e. The predicted octanol–water partition coefficient (Wildman–Crippen LogP) is 4.15. The predicted molar refractivity (Wildman–Crippen MR) is 120 cm³/mol. The van der Waals surface area contributed by atoms with Crippen LogP contribution in [0, 0.1) is 6.92 Å². The highest BCUT2D eigenvalue weighted by molar-refractivity contribution is 7.89. The standard InChI is InChI=1S/C24H26N2O4S/c1-17-22(15-19-8-9-20(30-2)16-23(19)25-17)24(27)12-7-18-5-10-21(11-6-18)31(28,29)26-13-3-4-14-26/h5-6,8-11,15-16H,3-4,7,12-14H2,1-2H3. The summed E-state index contributed by atoms with van der Waals surface area (Å²) in [5, 5.41) is 0.895. The summed E-state index contributed by atoms with van der Waals surface area (Å²) >= 11 is 0. The van der Waals surface area contributed by atoms with E-state index in [0.29, 0.717) is 42.1 Å². The van der Waals surface area contributed by atoms with Crippen LogP contribution in [0.5, 0.6) is 5.75 Å². The average Bonchev–Trinajstić information content (AvgIpc) is 3.33. The van der Waals surface area contributed by atoms with Gasteiger partial charge in [-0.2, -0.15) is 4.31 Å². The lowest BCUT2D eigenvalue weighted by Crippen LogP contribution is -2.27. The Morgan fingerprint density at radius 1 is 1.06 bits per heavy atom. The lowest BCUT2D eigenvalue weighted by Gasteiger charge is -2.15. The van der Waals surface area contributed by atoms with Crippen LogP contribution in [0.3, 0.4) is 0 Å². The van der Waals surface area contributed by atoms with Gasteiger partial charge in [0, 0.05) is 42.2 Å². The molecule has 31 heavy (non-hydrogen) atoms. The molecule has 6 nitrogen and oxygen atoms in total. The number of ether oxygens (including phenoxy) is 1. The number of carbonyl (C=O) groups excluding carboxylic acids is 1. The molecular formula is C24H26N2O4S. The van der Waals surface area contributed by atoms with Crippen LogP contribution in [0.25, 0.3) is 10.9 Å². The van der Waals surface area contributed by atoms with E-state index in [-0.39, 0.29) is 5.78 Å². The van der Waals surface area contributed by atoms with E-state index in [1.54, 1.807) is 31.4 Å². The minimum Gasteiger partial charge on any atom is -0.497 e. The normalized spacial score (nSPS) is 14.8. The number of pyridine rings is 1. The number of aromatic nitrogens is 1. The summed E-state index contributed by atoms with van der Waals surface area (Å²) in [6.07, 6.45) is 2.71. The van der Waals surface area contributed by atoms with Gasteiger partial charge in [-0.1, -0.05) is 12.1 Å². The Balaban J connectivity index is 1.45. The zero-order valence-corrected chi connectivity index (χ0v) is 18.6. The molecule has 0 saturated carbocycles. The van der Waals surface area contributed by atoms with Gasteiger partial charge >= 0.3 is 0 Å². The molecule has 2 aromatic carbocycles. The van der Waals surface area contributed by atoms with Crippen molar-refractivity contribution in [2.24, 2.45) is 0 Å². The molecule has 4 rings (SSSR count). The summed E-state index contributed by atoms with van der Waals surface area (Å²) in [6.45, 7) is 3.01. The smallest absolute Gasteiger partial charge is 0.243 e.